The van der Waals surface area contributed by atoms with Crippen LogP contribution >= 0.6 is 31.9 Å². The predicted molar refractivity (Wildman–Crippen MR) is 61.3 cm³/mol. The lowest BCUT2D eigenvalue weighted by molar-refractivity contribution is 1.57. The van der Waals surface area contributed by atoms with Gasteiger partial charge in [-0.1, -0.05) is 18.2 Å². The minimum Gasteiger partial charge on any atom is -0.398 e. The number of hydrogen-bond donors (Lipinski definition) is 1. The summed E-state index contributed by atoms with van der Waals surface area (Å²) in [6.45, 7) is 2.00. The van der Waals surface area contributed by atoms with Crippen molar-refractivity contribution in [3.05, 3.63) is 33.2 Å². The zero-order valence-electron chi connectivity index (χ0n) is 6.64. The van der Waals surface area contributed by atoms with Crippen LogP contribution in [0.1, 0.15) is 12.5 Å². The summed E-state index contributed by atoms with van der Waals surface area (Å²) in [5.74, 6) is 0. The number of anilines is 1. The van der Waals surface area contributed by atoms with Crippen molar-refractivity contribution in [2.45, 2.75) is 6.92 Å². The van der Waals surface area contributed by atoms with Crippen molar-refractivity contribution in [2.75, 3.05) is 5.73 Å². The molecule has 0 amide bonds. The summed E-state index contributed by atoms with van der Waals surface area (Å²) in [6, 6.07) is 7.78. The molecule has 0 aliphatic heterocycles. The molecule has 1 aromatic rings. The van der Waals surface area contributed by atoms with Gasteiger partial charge in [0.15, 0.2) is 0 Å². The van der Waals surface area contributed by atoms with Crippen LogP contribution in [0.2, 0.25) is 0 Å². The number of nitrogens with two attached hydrogens (primary N) is 1. The molecule has 0 heterocycles. The van der Waals surface area contributed by atoms with Gasteiger partial charge in [0.1, 0.15) is 0 Å². The van der Waals surface area contributed by atoms with Gasteiger partial charge < -0.3 is 5.73 Å². The number of benzene rings is 1. The van der Waals surface area contributed by atoms with E-state index in [0.717, 1.165) is 20.2 Å². The normalized spacial score (nSPS) is 9.58. The third-order valence-corrected chi connectivity index (χ3v) is 2.84. The molecule has 0 saturated heterocycles. The number of hydrogen-bond acceptors (Lipinski definition) is 1. The van der Waals surface area contributed by atoms with Gasteiger partial charge in [0.2, 0.25) is 0 Å². The average Bonchev–Trinajstić information content (AvgIpc) is 2.04. The fraction of sp³-hybridized carbons (Fsp3) is 0.111. The van der Waals surface area contributed by atoms with Gasteiger partial charge >= 0.3 is 0 Å². The van der Waals surface area contributed by atoms with E-state index in [9.17, 15) is 0 Å². The van der Waals surface area contributed by atoms with E-state index in [2.05, 4.69) is 31.9 Å². The molecule has 0 bridgehead atoms. The van der Waals surface area contributed by atoms with Crippen LogP contribution in [0.5, 0.6) is 0 Å². The molecule has 0 aliphatic carbocycles. The van der Waals surface area contributed by atoms with Gasteiger partial charge in [-0.2, -0.15) is 0 Å². The Bertz CT molecular complexity index is 314. The number of nitrogen functional groups attached to an aromatic ring is 1. The van der Waals surface area contributed by atoms with Crippen molar-refractivity contribution in [3.8, 4) is 0 Å². The maximum atomic E-state index is 5.78. The fourth-order valence-corrected chi connectivity index (χ4v) is 1.37. The quantitative estimate of drug-likeness (QED) is 0.783. The van der Waals surface area contributed by atoms with Crippen molar-refractivity contribution in [1.82, 2.24) is 0 Å². The Balaban J connectivity index is 3.21. The molecule has 0 aliphatic rings. The van der Waals surface area contributed by atoms with Gasteiger partial charge in [0, 0.05) is 11.3 Å². The Kier molecular flexibility index (Phi) is 3.35. The summed E-state index contributed by atoms with van der Waals surface area (Å²) < 4.78 is 0.938. The minimum absolute atomic E-state index is 0.798. The van der Waals surface area contributed by atoms with Crippen LogP contribution < -0.4 is 5.73 Å². The SMILES string of the molecule is CC(=C(Br)Br)c1ccccc1N. The van der Waals surface area contributed by atoms with Crippen LogP contribution in [0.25, 0.3) is 5.57 Å². The standard InChI is InChI=1S/C9H9Br2N/c1-6(9(10)11)7-4-2-3-5-8(7)12/h2-5H,12H2,1H3. The van der Waals surface area contributed by atoms with E-state index in [1.165, 1.54) is 0 Å². The highest BCUT2D eigenvalue weighted by Gasteiger charge is 2.02. The second-order valence-corrected chi connectivity index (χ2v) is 5.12. The van der Waals surface area contributed by atoms with Crippen LogP contribution in [-0.4, -0.2) is 0 Å². The monoisotopic (exact) mass is 289 g/mol. The van der Waals surface area contributed by atoms with Gasteiger partial charge in [-0.3, -0.25) is 0 Å². The first-order valence-corrected chi connectivity index (χ1v) is 5.08. The molecule has 1 rings (SSSR count). The van der Waals surface area contributed by atoms with Crippen LogP contribution in [0, 0.1) is 0 Å². The Morgan fingerprint density at radius 1 is 1.25 bits per heavy atom. The molecule has 0 unspecified atom stereocenters. The van der Waals surface area contributed by atoms with E-state index in [0.29, 0.717) is 0 Å². The Labute approximate surface area is 88.9 Å². The lowest BCUT2D eigenvalue weighted by Crippen LogP contribution is -1.90. The first-order chi connectivity index (χ1) is 5.63. The molecule has 0 fully saturated rings. The summed E-state index contributed by atoms with van der Waals surface area (Å²) in [5, 5.41) is 0. The Morgan fingerprint density at radius 3 is 2.33 bits per heavy atom. The van der Waals surface area contributed by atoms with Crippen molar-refractivity contribution in [1.29, 1.82) is 0 Å². The molecule has 3 heteroatoms. The first kappa shape index (κ1) is 9.81. The van der Waals surface area contributed by atoms with E-state index < -0.39 is 0 Å². The summed E-state index contributed by atoms with van der Waals surface area (Å²) >= 11 is 6.70. The average molecular weight is 291 g/mol. The van der Waals surface area contributed by atoms with Gasteiger partial charge in [0.05, 0.1) is 3.39 Å². The van der Waals surface area contributed by atoms with E-state index in [1.54, 1.807) is 0 Å². The van der Waals surface area contributed by atoms with Crippen LogP contribution in [0.4, 0.5) is 5.69 Å². The van der Waals surface area contributed by atoms with E-state index in [1.807, 2.05) is 31.2 Å². The smallest absolute Gasteiger partial charge is 0.0639 e. The van der Waals surface area contributed by atoms with E-state index in [-0.39, 0.29) is 0 Å². The predicted octanol–water partition coefficient (Wildman–Crippen LogP) is 3.75. The van der Waals surface area contributed by atoms with Crippen LogP contribution in [0.15, 0.2) is 27.7 Å². The molecular weight excluding hydrogens is 282 g/mol. The molecule has 1 nitrogen and oxygen atoms in total. The number of halogens is 2. The van der Waals surface area contributed by atoms with Crippen LogP contribution in [0.3, 0.4) is 0 Å². The molecule has 0 aromatic heterocycles. The topological polar surface area (TPSA) is 26.0 Å². The van der Waals surface area contributed by atoms with Gasteiger partial charge in [0.25, 0.3) is 0 Å². The van der Waals surface area contributed by atoms with Crippen molar-refractivity contribution in [3.63, 3.8) is 0 Å². The Hall–Kier alpha value is -0.280. The highest BCUT2D eigenvalue weighted by atomic mass is 79.9. The summed E-state index contributed by atoms with van der Waals surface area (Å²) in [4.78, 5) is 0. The minimum atomic E-state index is 0.798. The number of allylic oxidation sites excluding steroid dienone is 1. The fourth-order valence-electron chi connectivity index (χ4n) is 0.940. The lowest BCUT2D eigenvalue weighted by atomic mass is 10.1. The van der Waals surface area contributed by atoms with Crippen molar-refractivity contribution < 1.29 is 0 Å². The van der Waals surface area contributed by atoms with Gasteiger partial charge in [-0.15, -0.1) is 0 Å². The maximum Gasteiger partial charge on any atom is 0.0639 e. The highest BCUT2D eigenvalue weighted by molar-refractivity contribution is 9.28. The van der Waals surface area contributed by atoms with Gasteiger partial charge in [-0.25, -0.2) is 0 Å². The molecule has 0 radical (unpaired) electrons. The summed E-state index contributed by atoms with van der Waals surface area (Å²) in [7, 11) is 0. The lowest BCUT2D eigenvalue weighted by Gasteiger charge is -2.05. The molecule has 0 saturated carbocycles. The first-order valence-electron chi connectivity index (χ1n) is 3.49. The molecule has 2 N–H and O–H groups in total. The maximum absolute atomic E-state index is 5.78. The third kappa shape index (κ3) is 2.11. The third-order valence-electron chi connectivity index (χ3n) is 1.65. The Morgan fingerprint density at radius 2 is 1.83 bits per heavy atom. The molecular formula is C9H9Br2N. The summed E-state index contributed by atoms with van der Waals surface area (Å²) in [5.41, 5.74) is 8.74. The van der Waals surface area contributed by atoms with Crippen LogP contribution in [-0.2, 0) is 0 Å². The summed E-state index contributed by atoms with van der Waals surface area (Å²) in [6.07, 6.45) is 0. The van der Waals surface area contributed by atoms with E-state index in [4.69, 9.17) is 5.73 Å². The number of rotatable bonds is 1. The van der Waals surface area contributed by atoms with Crippen molar-refractivity contribution >= 4 is 43.1 Å². The van der Waals surface area contributed by atoms with Gasteiger partial charge in [-0.05, 0) is 50.4 Å². The zero-order chi connectivity index (χ0) is 9.14. The second-order valence-electron chi connectivity index (χ2n) is 2.47. The molecule has 64 valence electrons. The van der Waals surface area contributed by atoms with Crippen molar-refractivity contribution in [2.24, 2.45) is 0 Å². The molecule has 12 heavy (non-hydrogen) atoms. The highest BCUT2D eigenvalue weighted by Crippen LogP contribution is 2.29. The largest absolute Gasteiger partial charge is 0.398 e. The van der Waals surface area contributed by atoms with E-state index >= 15 is 0 Å². The molecule has 1 aromatic carbocycles. The number of para-hydroxylation sites is 1. The second kappa shape index (κ2) is 4.10. The molecule has 0 atom stereocenters. The zero-order valence-corrected chi connectivity index (χ0v) is 9.81. The molecule has 0 spiro atoms.